The lowest BCUT2D eigenvalue weighted by atomic mass is 9.97. The third-order valence-electron chi connectivity index (χ3n) is 3.44. The minimum Gasteiger partial charge on any atom is -0.480 e. The second kappa shape index (κ2) is 6.39. The standard InChI is InChI=1S/C17H19NO3/c1-3-4-13-6-5-12(2)15(9-13)14-7-8-16(19)18(10-14)11-17(20)21/h5-10H,3-4,11H2,1-2H3,(H,20,21). The summed E-state index contributed by atoms with van der Waals surface area (Å²) in [5.41, 5.74) is 3.96. The number of benzene rings is 1. The summed E-state index contributed by atoms with van der Waals surface area (Å²) in [7, 11) is 0. The summed E-state index contributed by atoms with van der Waals surface area (Å²) in [5.74, 6) is -1.02. The van der Waals surface area contributed by atoms with Crippen molar-refractivity contribution in [3.05, 3.63) is 58.0 Å². The summed E-state index contributed by atoms with van der Waals surface area (Å²) in [4.78, 5) is 22.5. The van der Waals surface area contributed by atoms with Crippen LogP contribution in [0, 0.1) is 6.92 Å². The first kappa shape index (κ1) is 15.0. The Kier molecular flexibility index (Phi) is 4.58. The zero-order valence-electron chi connectivity index (χ0n) is 12.3. The van der Waals surface area contributed by atoms with Crippen LogP contribution in [0.5, 0.6) is 0 Å². The molecule has 0 saturated heterocycles. The molecule has 0 aliphatic rings. The number of nitrogens with zero attached hydrogens (tertiary/aromatic N) is 1. The fourth-order valence-corrected chi connectivity index (χ4v) is 2.38. The molecule has 110 valence electrons. The lowest BCUT2D eigenvalue weighted by molar-refractivity contribution is -0.137. The number of hydrogen-bond acceptors (Lipinski definition) is 2. The number of aromatic nitrogens is 1. The van der Waals surface area contributed by atoms with Gasteiger partial charge in [0.1, 0.15) is 6.54 Å². The van der Waals surface area contributed by atoms with Gasteiger partial charge in [0.05, 0.1) is 0 Å². The summed E-state index contributed by atoms with van der Waals surface area (Å²) < 4.78 is 1.23. The van der Waals surface area contributed by atoms with Crippen LogP contribution in [-0.2, 0) is 17.8 Å². The molecule has 0 saturated carbocycles. The zero-order chi connectivity index (χ0) is 15.4. The third kappa shape index (κ3) is 3.60. The number of pyridine rings is 1. The van der Waals surface area contributed by atoms with Crippen molar-refractivity contribution in [1.82, 2.24) is 4.57 Å². The van der Waals surface area contributed by atoms with E-state index in [-0.39, 0.29) is 12.1 Å². The van der Waals surface area contributed by atoms with Crippen molar-refractivity contribution in [3.8, 4) is 11.1 Å². The summed E-state index contributed by atoms with van der Waals surface area (Å²) in [6.45, 7) is 3.82. The molecule has 0 atom stereocenters. The first-order chi connectivity index (χ1) is 10.0. The van der Waals surface area contributed by atoms with Gasteiger partial charge in [0.2, 0.25) is 0 Å². The molecule has 1 N–H and O–H groups in total. The average Bonchev–Trinajstić information content (AvgIpc) is 2.43. The van der Waals surface area contributed by atoms with Crippen LogP contribution in [0.3, 0.4) is 0 Å². The number of carboxylic acid groups (broad SMARTS) is 1. The second-order valence-electron chi connectivity index (χ2n) is 5.18. The normalized spacial score (nSPS) is 10.6. The van der Waals surface area contributed by atoms with E-state index in [0.29, 0.717) is 0 Å². The van der Waals surface area contributed by atoms with E-state index >= 15 is 0 Å². The predicted octanol–water partition coefficient (Wildman–Crippen LogP) is 2.86. The van der Waals surface area contributed by atoms with E-state index in [1.165, 1.54) is 16.2 Å². The molecule has 0 spiro atoms. The number of hydrogen-bond donors (Lipinski definition) is 1. The van der Waals surface area contributed by atoms with Crippen LogP contribution in [0.2, 0.25) is 0 Å². The summed E-state index contributed by atoms with van der Waals surface area (Å²) >= 11 is 0. The van der Waals surface area contributed by atoms with E-state index in [1.54, 1.807) is 12.3 Å². The van der Waals surface area contributed by atoms with E-state index in [9.17, 15) is 9.59 Å². The Bertz CT molecular complexity index is 716. The van der Waals surface area contributed by atoms with Crippen LogP contribution in [0.1, 0.15) is 24.5 Å². The fraction of sp³-hybridized carbons (Fsp3) is 0.294. The van der Waals surface area contributed by atoms with Gasteiger partial charge in [-0.15, -0.1) is 0 Å². The Morgan fingerprint density at radius 3 is 2.67 bits per heavy atom. The highest BCUT2D eigenvalue weighted by Crippen LogP contribution is 2.24. The first-order valence-corrected chi connectivity index (χ1v) is 7.03. The van der Waals surface area contributed by atoms with Gasteiger partial charge in [-0.1, -0.05) is 31.5 Å². The fourth-order valence-electron chi connectivity index (χ4n) is 2.38. The molecule has 0 bridgehead atoms. The van der Waals surface area contributed by atoms with Gasteiger partial charge in [0.25, 0.3) is 5.56 Å². The highest BCUT2D eigenvalue weighted by atomic mass is 16.4. The molecular formula is C17H19NO3. The molecule has 0 amide bonds. The van der Waals surface area contributed by atoms with Crippen LogP contribution in [-0.4, -0.2) is 15.6 Å². The predicted molar refractivity (Wildman–Crippen MR) is 82.5 cm³/mol. The van der Waals surface area contributed by atoms with E-state index in [0.717, 1.165) is 29.5 Å². The van der Waals surface area contributed by atoms with Crippen LogP contribution < -0.4 is 5.56 Å². The van der Waals surface area contributed by atoms with Gasteiger partial charge in [-0.05, 0) is 41.7 Å². The molecule has 2 rings (SSSR count). The van der Waals surface area contributed by atoms with Crippen molar-refractivity contribution >= 4 is 5.97 Å². The minimum absolute atomic E-state index is 0.302. The molecule has 4 nitrogen and oxygen atoms in total. The molecule has 1 aromatic carbocycles. The average molecular weight is 285 g/mol. The van der Waals surface area contributed by atoms with Gasteiger partial charge in [-0.2, -0.15) is 0 Å². The van der Waals surface area contributed by atoms with Crippen molar-refractivity contribution in [2.75, 3.05) is 0 Å². The van der Waals surface area contributed by atoms with Gasteiger partial charge in [0.15, 0.2) is 0 Å². The maximum atomic E-state index is 11.7. The van der Waals surface area contributed by atoms with Crippen molar-refractivity contribution in [3.63, 3.8) is 0 Å². The lowest BCUT2D eigenvalue weighted by Crippen LogP contribution is -2.22. The number of carbonyl (C=O) groups is 1. The van der Waals surface area contributed by atoms with Crippen molar-refractivity contribution in [2.24, 2.45) is 0 Å². The second-order valence-corrected chi connectivity index (χ2v) is 5.18. The van der Waals surface area contributed by atoms with Crippen LogP contribution >= 0.6 is 0 Å². The van der Waals surface area contributed by atoms with Gasteiger partial charge < -0.3 is 9.67 Å². The maximum absolute atomic E-state index is 11.7. The molecule has 0 fully saturated rings. The Morgan fingerprint density at radius 2 is 2.00 bits per heavy atom. The monoisotopic (exact) mass is 285 g/mol. The molecule has 0 radical (unpaired) electrons. The number of aliphatic carboxylic acids is 1. The van der Waals surface area contributed by atoms with Crippen LogP contribution in [0.4, 0.5) is 0 Å². The van der Waals surface area contributed by atoms with Crippen molar-refractivity contribution in [1.29, 1.82) is 0 Å². The van der Waals surface area contributed by atoms with E-state index in [2.05, 4.69) is 25.1 Å². The SMILES string of the molecule is CCCc1ccc(C)c(-c2ccc(=O)n(CC(=O)O)c2)c1. The van der Waals surface area contributed by atoms with Gasteiger partial charge in [-0.3, -0.25) is 9.59 Å². The van der Waals surface area contributed by atoms with Gasteiger partial charge >= 0.3 is 5.97 Å². The largest absolute Gasteiger partial charge is 0.480 e. The molecule has 0 unspecified atom stereocenters. The minimum atomic E-state index is -1.02. The summed E-state index contributed by atoms with van der Waals surface area (Å²) in [6.07, 6.45) is 3.69. The number of carboxylic acids is 1. The molecule has 0 aliphatic carbocycles. The van der Waals surface area contributed by atoms with Crippen LogP contribution in [0.25, 0.3) is 11.1 Å². The van der Waals surface area contributed by atoms with Crippen molar-refractivity contribution in [2.45, 2.75) is 33.2 Å². The van der Waals surface area contributed by atoms with Gasteiger partial charge in [-0.25, -0.2) is 0 Å². The highest BCUT2D eigenvalue weighted by molar-refractivity contribution is 5.69. The molecular weight excluding hydrogens is 266 g/mol. The van der Waals surface area contributed by atoms with E-state index in [4.69, 9.17) is 5.11 Å². The zero-order valence-corrected chi connectivity index (χ0v) is 12.3. The Hall–Kier alpha value is -2.36. The Morgan fingerprint density at radius 1 is 1.24 bits per heavy atom. The Labute approximate surface area is 123 Å². The smallest absolute Gasteiger partial charge is 0.323 e. The molecule has 1 aromatic heterocycles. The van der Waals surface area contributed by atoms with E-state index < -0.39 is 5.97 Å². The van der Waals surface area contributed by atoms with Crippen molar-refractivity contribution < 1.29 is 9.90 Å². The number of aryl methyl sites for hydroxylation is 2. The Balaban J connectivity index is 2.48. The summed E-state index contributed by atoms with van der Waals surface area (Å²) in [5, 5.41) is 8.86. The van der Waals surface area contributed by atoms with E-state index in [1.807, 2.05) is 6.92 Å². The molecule has 2 aromatic rings. The topological polar surface area (TPSA) is 59.3 Å². The first-order valence-electron chi connectivity index (χ1n) is 7.03. The lowest BCUT2D eigenvalue weighted by Gasteiger charge is -2.11. The highest BCUT2D eigenvalue weighted by Gasteiger charge is 2.07. The number of rotatable bonds is 5. The quantitative estimate of drug-likeness (QED) is 0.919. The van der Waals surface area contributed by atoms with Gasteiger partial charge in [0, 0.05) is 12.3 Å². The molecule has 0 aliphatic heterocycles. The third-order valence-corrected chi connectivity index (χ3v) is 3.44. The maximum Gasteiger partial charge on any atom is 0.323 e. The van der Waals surface area contributed by atoms with Crippen LogP contribution in [0.15, 0.2) is 41.3 Å². The molecule has 21 heavy (non-hydrogen) atoms. The molecule has 1 heterocycles. The molecule has 4 heteroatoms. The summed E-state index contributed by atoms with van der Waals surface area (Å²) in [6, 6.07) is 9.45.